The van der Waals surface area contributed by atoms with Crippen molar-refractivity contribution in [2.75, 3.05) is 5.32 Å². The van der Waals surface area contributed by atoms with Gasteiger partial charge in [-0.2, -0.15) is 0 Å². The van der Waals surface area contributed by atoms with Gasteiger partial charge in [0, 0.05) is 23.7 Å². The summed E-state index contributed by atoms with van der Waals surface area (Å²) in [5.74, 6) is 0.0979. The molecule has 2 heterocycles. The van der Waals surface area contributed by atoms with Gasteiger partial charge in [0.1, 0.15) is 18.0 Å². The minimum absolute atomic E-state index is 0.0299. The van der Waals surface area contributed by atoms with Gasteiger partial charge in [0.15, 0.2) is 11.8 Å². The molecule has 0 aliphatic heterocycles. The van der Waals surface area contributed by atoms with Crippen LogP contribution < -0.4 is 5.32 Å². The fraction of sp³-hybridized carbons (Fsp3) is 0.182. The summed E-state index contributed by atoms with van der Waals surface area (Å²) in [5.41, 5.74) is 2.54. The van der Waals surface area contributed by atoms with Crippen LogP contribution in [0.25, 0.3) is 22.0 Å². The van der Waals surface area contributed by atoms with Crippen LogP contribution in [0.5, 0.6) is 11.8 Å². The molecule has 2 aromatic heterocycles. The Morgan fingerprint density at radius 2 is 1.83 bits per heavy atom. The summed E-state index contributed by atoms with van der Waals surface area (Å²) in [7, 11) is 0. The van der Waals surface area contributed by atoms with E-state index in [0.717, 1.165) is 18.4 Å². The maximum absolute atomic E-state index is 15.5. The normalized spacial score (nSPS) is 13.7. The van der Waals surface area contributed by atoms with Gasteiger partial charge in [0.05, 0.1) is 17.4 Å². The number of benzene rings is 2. The first-order valence-electron chi connectivity index (χ1n) is 9.46. The average molecular weight is 390 g/mol. The van der Waals surface area contributed by atoms with Gasteiger partial charge in [0.2, 0.25) is 0 Å². The number of hydrogen-bond acceptors (Lipinski definition) is 5. The molecule has 0 radical (unpaired) electrons. The van der Waals surface area contributed by atoms with Gasteiger partial charge in [-0.05, 0) is 42.2 Å². The minimum atomic E-state index is -0.366. The Hall–Kier alpha value is -3.61. The Bertz CT molecular complexity index is 1200. The lowest BCUT2D eigenvalue weighted by molar-refractivity contribution is 0.377. The molecule has 1 aliphatic rings. The number of nitrogens with zero attached hydrogens (tertiary/aromatic N) is 3. The van der Waals surface area contributed by atoms with Crippen LogP contribution in [0, 0.1) is 5.82 Å². The molecule has 2 aromatic carbocycles. The molecule has 1 fully saturated rings. The standard InChI is InChI=1S/C22H19FN4O2/c23-21-16(6-7-17-20(21)22(25-12-24-17)26-15-4-5-15)14-3-1-2-13(10-14)11-27-18(28)8-9-19(27)29/h1-3,6-10,12,15,28-29H,4-5,11H2,(H,24,25,26). The molecule has 4 aromatic rings. The maximum atomic E-state index is 15.5. The Morgan fingerprint density at radius 3 is 2.59 bits per heavy atom. The predicted molar refractivity (Wildman–Crippen MR) is 108 cm³/mol. The van der Waals surface area contributed by atoms with Crippen molar-refractivity contribution >= 4 is 16.7 Å². The van der Waals surface area contributed by atoms with E-state index in [9.17, 15) is 10.2 Å². The van der Waals surface area contributed by atoms with Crippen LogP contribution in [0.15, 0.2) is 54.9 Å². The third-order valence-electron chi connectivity index (χ3n) is 5.17. The molecule has 0 spiro atoms. The number of rotatable bonds is 5. The zero-order valence-electron chi connectivity index (χ0n) is 15.5. The number of aromatic nitrogens is 3. The quantitative estimate of drug-likeness (QED) is 0.474. The Kier molecular flexibility index (Phi) is 4.08. The van der Waals surface area contributed by atoms with Gasteiger partial charge in [-0.15, -0.1) is 0 Å². The molecular weight excluding hydrogens is 371 g/mol. The van der Waals surface area contributed by atoms with E-state index in [1.165, 1.54) is 23.0 Å². The zero-order chi connectivity index (χ0) is 20.0. The van der Waals surface area contributed by atoms with Gasteiger partial charge in [-0.3, -0.25) is 4.57 Å². The lowest BCUT2D eigenvalue weighted by Gasteiger charge is -2.12. The molecule has 6 nitrogen and oxygen atoms in total. The Labute approximate surface area is 166 Å². The Morgan fingerprint density at radius 1 is 1.03 bits per heavy atom. The van der Waals surface area contributed by atoms with Crippen molar-refractivity contribution in [3.05, 3.63) is 66.2 Å². The van der Waals surface area contributed by atoms with Crippen LogP contribution in [0.3, 0.4) is 0 Å². The molecule has 0 unspecified atom stereocenters. The number of anilines is 1. The zero-order valence-corrected chi connectivity index (χ0v) is 15.5. The first-order valence-corrected chi connectivity index (χ1v) is 9.46. The SMILES string of the molecule is Oc1ccc(O)n1Cc1cccc(-c2ccc3ncnc(NC4CC4)c3c2F)c1. The van der Waals surface area contributed by atoms with E-state index in [0.29, 0.717) is 33.9 Å². The van der Waals surface area contributed by atoms with Crippen LogP contribution in [0.2, 0.25) is 0 Å². The molecule has 0 bridgehead atoms. The second-order valence-corrected chi connectivity index (χ2v) is 7.30. The van der Waals surface area contributed by atoms with Gasteiger partial charge in [-0.1, -0.05) is 18.2 Å². The highest BCUT2D eigenvalue weighted by atomic mass is 19.1. The van der Waals surface area contributed by atoms with Crippen LogP contribution in [-0.4, -0.2) is 30.8 Å². The van der Waals surface area contributed by atoms with Gasteiger partial charge in [0.25, 0.3) is 0 Å². The van der Waals surface area contributed by atoms with Gasteiger partial charge >= 0.3 is 0 Å². The van der Waals surface area contributed by atoms with Crippen LogP contribution in [-0.2, 0) is 6.54 Å². The topological polar surface area (TPSA) is 83.2 Å². The first kappa shape index (κ1) is 17.5. The molecule has 146 valence electrons. The van der Waals surface area contributed by atoms with E-state index < -0.39 is 0 Å². The monoisotopic (exact) mass is 390 g/mol. The summed E-state index contributed by atoms with van der Waals surface area (Å²) in [6, 6.07) is 14.1. The molecule has 1 aliphatic carbocycles. The second kappa shape index (κ2) is 6.77. The van der Waals surface area contributed by atoms with E-state index in [-0.39, 0.29) is 24.1 Å². The summed E-state index contributed by atoms with van der Waals surface area (Å²) in [6.07, 6.45) is 3.57. The molecule has 5 rings (SSSR count). The molecule has 0 amide bonds. The summed E-state index contributed by atoms with van der Waals surface area (Å²) in [4.78, 5) is 8.45. The third kappa shape index (κ3) is 3.24. The predicted octanol–water partition coefficient (Wildman–Crippen LogP) is 4.27. The number of nitrogens with one attached hydrogen (secondary N) is 1. The molecule has 0 atom stereocenters. The summed E-state index contributed by atoms with van der Waals surface area (Å²) in [5, 5.41) is 23.4. The minimum Gasteiger partial charge on any atom is -0.494 e. The van der Waals surface area contributed by atoms with Crippen molar-refractivity contribution in [1.29, 1.82) is 0 Å². The van der Waals surface area contributed by atoms with Crippen LogP contribution in [0.4, 0.5) is 10.2 Å². The smallest absolute Gasteiger partial charge is 0.194 e. The van der Waals surface area contributed by atoms with E-state index in [2.05, 4.69) is 15.3 Å². The fourth-order valence-corrected chi connectivity index (χ4v) is 3.49. The third-order valence-corrected chi connectivity index (χ3v) is 5.17. The number of halogens is 1. The molecule has 7 heteroatoms. The average Bonchev–Trinajstić information content (AvgIpc) is 3.49. The van der Waals surface area contributed by atoms with Crippen molar-refractivity contribution < 1.29 is 14.6 Å². The fourth-order valence-electron chi connectivity index (χ4n) is 3.49. The van der Waals surface area contributed by atoms with Crippen molar-refractivity contribution in [1.82, 2.24) is 14.5 Å². The highest BCUT2D eigenvalue weighted by Gasteiger charge is 2.24. The lowest BCUT2D eigenvalue weighted by Crippen LogP contribution is -2.05. The highest BCUT2D eigenvalue weighted by molar-refractivity contribution is 5.93. The molecular formula is C22H19FN4O2. The van der Waals surface area contributed by atoms with E-state index in [1.807, 2.05) is 24.3 Å². The first-order chi connectivity index (χ1) is 14.1. The molecule has 1 saturated carbocycles. The molecule has 0 saturated heterocycles. The largest absolute Gasteiger partial charge is 0.494 e. The second-order valence-electron chi connectivity index (χ2n) is 7.30. The van der Waals surface area contributed by atoms with E-state index >= 15 is 4.39 Å². The van der Waals surface area contributed by atoms with E-state index in [4.69, 9.17) is 0 Å². The lowest BCUT2D eigenvalue weighted by atomic mass is 10.0. The summed E-state index contributed by atoms with van der Waals surface area (Å²) >= 11 is 0. The summed E-state index contributed by atoms with van der Waals surface area (Å²) < 4.78 is 16.9. The van der Waals surface area contributed by atoms with Crippen molar-refractivity contribution in [3.63, 3.8) is 0 Å². The number of fused-ring (bicyclic) bond motifs is 1. The van der Waals surface area contributed by atoms with Crippen molar-refractivity contribution in [3.8, 4) is 22.9 Å². The number of aromatic hydroxyl groups is 2. The van der Waals surface area contributed by atoms with Gasteiger partial charge < -0.3 is 15.5 Å². The summed E-state index contributed by atoms with van der Waals surface area (Å²) in [6.45, 7) is 0.269. The van der Waals surface area contributed by atoms with Crippen molar-refractivity contribution in [2.45, 2.75) is 25.4 Å². The van der Waals surface area contributed by atoms with Crippen LogP contribution in [0.1, 0.15) is 18.4 Å². The Balaban J connectivity index is 1.56. The number of hydrogen-bond donors (Lipinski definition) is 3. The maximum Gasteiger partial charge on any atom is 0.194 e. The van der Waals surface area contributed by atoms with Gasteiger partial charge in [-0.25, -0.2) is 14.4 Å². The highest BCUT2D eigenvalue weighted by Crippen LogP contribution is 2.34. The van der Waals surface area contributed by atoms with Crippen LogP contribution >= 0.6 is 0 Å². The van der Waals surface area contributed by atoms with E-state index in [1.54, 1.807) is 12.1 Å². The molecule has 29 heavy (non-hydrogen) atoms. The molecule has 3 N–H and O–H groups in total. The van der Waals surface area contributed by atoms with Crippen molar-refractivity contribution in [2.24, 2.45) is 0 Å².